The zero-order valence-electron chi connectivity index (χ0n) is 11.9. The van der Waals surface area contributed by atoms with E-state index in [-0.39, 0.29) is 5.91 Å². The van der Waals surface area contributed by atoms with Gasteiger partial charge in [0.1, 0.15) is 5.52 Å². The van der Waals surface area contributed by atoms with E-state index in [1.54, 1.807) is 25.1 Å². The fourth-order valence-electron chi connectivity index (χ4n) is 2.19. The number of oxazole rings is 1. The number of aryl methyl sites for hydroxylation is 2. The SMILES string of the molecule is CCCc1cc(C(=O)Nc2ccc3nc(C)oc3c2)n[nH]1. The third-order valence-electron chi connectivity index (χ3n) is 3.14. The van der Waals surface area contributed by atoms with Crippen molar-refractivity contribution >= 4 is 22.7 Å². The number of nitrogens with zero attached hydrogens (tertiary/aromatic N) is 2. The summed E-state index contributed by atoms with van der Waals surface area (Å²) in [5.41, 5.74) is 3.43. The molecule has 0 aliphatic rings. The van der Waals surface area contributed by atoms with Crippen molar-refractivity contribution in [2.75, 3.05) is 5.32 Å². The molecule has 3 rings (SSSR count). The molecular formula is C15H16N4O2. The van der Waals surface area contributed by atoms with E-state index in [9.17, 15) is 4.79 Å². The van der Waals surface area contributed by atoms with Crippen LogP contribution in [0.5, 0.6) is 0 Å². The summed E-state index contributed by atoms with van der Waals surface area (Å²) < 4.78 is 5.45. The van der Waals surface area contributed by atoms with Crippen molar-refractivity contribution in [2.24, 2.45) is 0 Å². The lowest BCUT2D eigenvalue weighted by atomic mass is 10.2. The van der Waals surface area contributed by atoms with E-state index in [0.29, 0.717) is 22.9 Å². The van der Waals surface area contributed by atoms with Gasteiger partial charge in [-0.05, 0) is 24.6 Å². The Labute approximate surface area is 121 Å². The second-order valence-corrected chi connectivity index (χ2v) is 4.90. The Kier molecular flexibility index (Phi) is 3.43. The van der Waals surface area contributed by atoms with Gasteiger partial charge in [0.05, 0.1) is 0 Å². The van der Waals surface area contributed by atoms with Gasteiger partial charge in [0.15, 0.2) is 17.2 Å². The molecule has 0 atom stereocenters. The van der Waals surface area contributed by atoms with E-state index >= 15 is 0 Å². The number of benzene rings is 1. The number of amides is 1. The number of hydrogen-bond acceptors (Lipinski definition) is 4. The Morgan fingerprint density at radius 2 is 2.24 bits per heavy atom. The fraction of sp³-hybridized carbons (Fsp3) is 0.267. The highest BCUT2D eigenvalue weighted by molar-refractivity contribution is 6.03. The predicted molar refractivity (Wildman–Crippen MR) is 79.3 cm³/mol. The topological polar surface area (TPSA) is 83.8 Å². The highest BCUT2D eigenvalue weighted by Crippen LogP contribution is 2.20. The van der Waals surface area contributed by atoms with Crippen molar-refractivity contribution < 1.29 is 9.21 Å². The van der Waals surface area contributed by atoms with E-state index in [2.05, 4.69) is 27.4 Å². The molecule has 6 nitrogen and oxygen atoms in total. The number of aromatic nitrogens is 3. The number of hydrogen-bond donors (Lipinski definition) is 2. The number of carbonyl (C=O) groups excluding carboxylic acids is 1. The van der Waals surface area contributed by atoms with Crippen LogP contribution >= 0.6 is 0 Å². The second kappa shape index (κ2) is 5.40. The molecular weight excluding hydrogens is 268 g/mol. The van der Waals surface area contributed by atoms with Gasteiger partial charge >= 0.3 is 0 Å². The van der Waals surface area contributed by atoms with Crippen molar-refractivity contribution in [2.45, 2.75) is 26.7 Å². The molecule has 0 aliphatic carbocycles. The molecule has 6 heteroatoms. The van der Waals surface area contributed by atoms with Crippen molar-refractivity contribution in [1.29, 1.82) is 0 Å². The van der Waals surface area contributed by atoms with Gasteiger partial charge in [-0.1, -0.05) is 13.3 Å². The first-order chi connectivity index (χ1) is 10.2. The average molecular weight is 284 g/mol. The molecule has 0 unspecified atom stereocenters. The second-order valence-electron chi connectivity index (χ2n) is 4.90. The van der Waals surface area contributed by atoms with Crippen LogP contribution in [0.2, 0.25) is 0 Å². The van der Waals surface area contributed by atoms with Crippen LogP contribution in [0, 0.1) is 6.92 Å². The molecule has 0 bridgehead atoms. The lowest BCUT2D eigenvalue weighted by molar-refractivity contribution is 0.102. The van der Waals surface area contributed by atoms with Gasteiger partial charge in [0, 0.05) is 24.4 Å². The maximum atomic E-state index is 12.1. The fourth-order valence-corrected chi connectivity index (χ4v) is 2.19. The van der Waals surface area contributed by atoms with Crippen LogP contribution in [-0.2, 0) is 6.42 Å². The number of nitrogens with one attached hydrogen (secondary N) is 2. The Morgan fingerprint density at radius 3 is 3.05 bits per heavy atom. The summed E-state index contributed by atoms with van der Waals surface area (Å²) >= 11 is 0. The van der Waals surface area contributed by atoms with Gasteiger partial charge in [0.2, 0.25) is 0 Å². The molecule has 2 N–H and O–H groups in total. The minimum Gasteiger partial charge on any atom is -0.441 e. The summed E-state index contributed by atoms with van der Waals surface area (Å²) in [6, 6.07) is 7.14. The normalized spacial score (nSPS) is 11.0. The highest BCUT2D eigenvalue weighted by Gasteiger charge is 2.11. The quantitative estimate of drug-likeness (QED) is 0.771. The standard InChI is InChI=1S/C15H16N4O2/c1-3-4-11-7-13(19-18-11)15(20)17-10-5-6-12-14(8-10)21-9(2)16-12/h5-8H,3-4H2,1-2H3,(H,17,20)(H,18,19). The Morgan fingerprint density at radius 1 is 1.38 bits per heavy atom. The largest absolute Gasteiger partial charge is 0.441 e. The number of anilines is 1. The average Bonchev–Trinajstić information content (AvgIpc) is 3.04. The molecule has 1 aromatic carbocycles. The van der Waals surface area contributed by atoms with Crippen LogP contribution in [0.1, 0.15) is 35.4 Å². The zero-order valence-corrected chi connectivity index (χ0v) is 11.9. The lowest BCUT2D eigenvalue weighted by Crippen LogP contribution is -2.12. The summed E-state index contributed by atoms with van der Waals surface area (Å²) in [6.45, 7) is 3.87. The van der Waals surface area contributed by atoms with Gasteiger partial charge in [0.25, 0.3) is 5.91 Å². The van der Waals surface area contributed by atoms with E-state index in [4.69, 9.17) is 4.42 Å². The minimum atomic E-state index is -0.246. The minimum absolute atomic E-state index is 0.246. The molecule has 0 spiro atoms. The number of aromatic amines is 1. The summed E-state index contributed by atoms with van der Waals surface area (Å²) in [4.78, 5) is 16.4. The van der Waals surface area contributed by atoms with Gasteiger partial charge in [-0.25, -0.2) is 4.98 Å². The Balaban J connectivity index is 1.78. The van der Waals surface area contributed by atoms with Gasteiger partial charge in [-0.2, -0.15) is 5.10 Å². The summed E-state index contributed by atoms with van der Waals surface area (Å²) in [5.74, 6) is 0.356. The van der Waals surface area contributed by atoms with Crippen molar-refractivity contribution in [3.63, 3.8) is 0 Å². The van der Waals surface area contributed by atoms with Gasteiger partial charge in [-0.15, -0.1) is 0 Å². The van der Waals surface area contributed by atoms with Crippen LogP contribution in [0.3, 0.4) is 0 Å². The monoisotopic (exact) mass is 284 g/mol. The molecule has 3 aromatic rings. The summed E-state index contributed by atoms with van der Waals surface area (Å²) in [6.07, 6.45) is 1.88. The van der Waals surface area contributed by atoms with Gasteiger partial charge in [-0.3, -0.25) is 9.89 Å². The summed E-state index contributed by atoms with van der Waals surface area (Å²) in [5, 5.41) is 9.70. The Bertz CT molecular complexity index is 788. The molecule has 108 valence electrons. The van der Waals surface area contributed by atoms with E-state index in [1.165, 1.54) is 0 Å². The van der Waals surface area contributed by atoms with Crippen molar-refractivity contribution in [3.8, 4) is 0 Å². The predicted octanol–water partition coefficient (Wildman–Crippen LogP) is 3.06. The van der Waals surface area contributed by atoms with E-state index < -0.39 is 0 Å². The van der Waals surface area contributed by atoms with Crippen molar-refractivity contribution in [3.05, 3.63) is 41.5 Å². The molecule has 0 fully saturated rings. The van der Waals surface area contributed by atoms with Crippen LogP contribution in [0.25, 0.3) is 11.1 Å². The number of carbonyl (C=O) groups is 1. The lowest BCUT2D eigenvalue weighted by Gasteiger charge is -2.02. The van der Waals surface area contributed by atoms with Crippen molar-refractivity contribution in [1.82, 2.24) is 15.2 Å². The van der Waals surface area contributed by atoms with Gasteiger partial charge < -0.3 is 9.73 Å². The molecule has 2 aromatic heterocycles. The molecule has 0 radical (unpaired) electrons. The first kappa shape index (κ1) is 13.4. The maximum Gasteiger partial charge on any atom is 0.276 e. The maximum absolute atomic E-state index is 12.1. The summed E-state index contributed by atoms with van der Waals surface area (Å²) in [7, 11) is 0. The van der Waals surface area contributed by atoms with Crippen LogP contribution in [0.4, 0.5) is 5.69 Å². The third kappa shape index (κ3) is 2.79. The molecule has 0 aliphatic heterocycles. The van der Waals surface area contributed by atoms with Crippen LogP contribution < -0.4 is 5.32 Å². The zero-order chi connectivity index (χ0) is 14.8. The van der Waals surface area contributed by atoms with Crippen LogP contribution in [-0.4, -0.2) is 21.1 Å². The molecule has 0 saturated heterocycles. The van der Waals surface area contributed by atoms with Crippen LogP contribution in [0.15, 0.2) is 28.7 Å². The molecule has 0 saturated carbocycles. The van der Waals surface area contributed by atoms with E-state index in [1.807, 2.05) is 6.07 Å². The number of H-pyrrole nitrogens is 1. The first-order valence-electron chi connectivity index (χ1n) is 6.88. The number of rotatable bonds is 4. The molecule has 21 heavy (non-hydrogen) atoms. The number of fused-ring (bicyclic) bond motifs is 1. The van der Waals surface area contributed by atoms with E-state index in [0.717, 1.165) is 24.1 Å². The first-order valence-corrected chi connectivity index (χ1v) is 6.88. The molecule has 2 heterocycles. The third-order valence-corrected chi connectivity index (χ3v) is 3.14. The Hall–Kier alpha value is -2.63. The highest BCUT2D eigenvalue weighted by atomic mass is 16.3. The smallest absolute Gasteiger partial charge is 0.276 e. The molecule has 1 amide bonds.